The van der Waals surface area contributed by atoms with E-state index in [1.165, 1.54) is 11.1 Å². The first-order valence-corrected chi connectivity index (χ1v) is 9.83. The van der Waals surface area contributed by atoms with Crippen LogP contribution in [0.3, 0.4) is 0 Å². The first-order chi connectivity index (χ1) is 14.0. The van der Waals surface area contributed by atoms with Crippen molar-refractivity contribution in [2.24, 2.45) is 0 Å². The van der Waals surface area contributed by atoms with E-state index in [2.05, 4.69) is 9.97 Å². The lowest BCUT2D eigenvalue weighted by atomic mass is 10.0. The van der Waals surface area contributed by atoms with E-state index in [9.17, 15) is 14.7 Å². The maximum atomic E-state index is 12.1. The standard InChI is InChI=1S/C21H14ClN3O3S/c1-12-3-2-4-16-19(12)24-17(9-23-16)25(11-26)20-18(21(27)28)15(10-29-20)13-5-7-14(22)8-6-13/h2-11H,1H3,(H,27,28). The molecule has 0 aliphatic heterocycles. The summed E-state index contributed by atoms with van der Waals surface area (Å²) in [5.41, 5.74) is 3.49. The zero-order valence-corrected chi connectivity index (χ0v) is 16.7. The van der Waals surface area contributed by atoms with E-state index in [1.807, 2.05) is 25.1 Å². The monoisotopic (exact) mass is 423 g/mol. The van der Waals surface area contributed by atoms with Crippen molar-refractivity contribution in [2.45, 2.75) is 6.92 Å². The molecule has 4 aromatic rings. The lowest BCUT2D eigenvalue weighted by Crippen LogP contribution is -2.17. The fourth-order valence-corrected chi connectivity index (χ4v) is 4.23. The molecule has 4 rings (SSSR count). The van der Waals surface area contributed by atoms with Gasteiger partial charge < -0.3 is 5.11 Å². The van der Waals surface area contributed by atoms with Gasteiger partial charge in [-0.25, -0.2) is 9.78 Å². The Morgan fingerprint density at radius 3 is 2.66 bits per heavy atom. The van der Waals surface area contributed by atoms with Crippen LogP contribution in [0, 0.1) is 6.92 Å². The number of fused-ring (bicyclic) bond motifs is 1. The van der Waals surface area contributed by atoms with Gasteiger partial charge >= 0.3 is 5.97 Å². The third kappa shape index (κ3) is 3.46. The molecule has 8 heteroatoms. The van der Waals surface area contributed by atoms with Crippen LogP contribution in [-0.2, 0) is 4.79 Å². The van der Waals surface area contributed by atoms with Gasteiger partial charge in [-0.15, -0.1) is 11.3 Å². The molecule has 6 nitrogen and oxygen atoms in total. The summed E-state index contributed by atoms with van der Waals surface area (Å²) in [5, 5.41) is 12.4. The van der Waals surface area contributed by atoms with E-state index in [4.69, 9.17) is 11.6 Å². The molecule has 1 amide bonds. The van der Waals surface area contributed by atoms with Crippen LogP contribution < -0.4 is 4.90 Å². The number of para-hydroxylation sites is 1. The summed E-state index contributed by atoms with van der Waals surface area (Å²) in [6.45, 7) is 1.90. The summed E-state index contributed by atoms with van der Waals surface area (Å²) < 4.78 is 0. The lowest BCUT2D eigenvalue weighted by molar-refractivity contribution is -0.106. The van der Waals surface area contributed by atoms with Crippen LogP contribution in [-0.4, -0.2) is 27.5 Å². The van der Waals surface area contributed by atoms with E-state index in [0.29, 0.717) is 33.6 Å². The van der Waals surface area contributed by atoms with Crippen molar-refractivity contribution in [2.75, 3.05) is 4.90 Å². The third-order valence-electron chi connectivity index (χ3n) is 4.47. The highest BCUT2D eigenvalue weighted by Gasteiger charge is 2.25. The minimum absolute atomic E-state index is 0.0242. The number of halogens is 1. The number of thiophene rings is 1. The minimum Gasteiger partial charge on any atom is -0.478 e. The molecule has 2 heterocycles. The van der Waals surface area contributed by atoms with Crippen molar-refractivity contribution < 1.29 is 14.7 Å². The number of amides is 1. The average molecular weight is 424 g/mol. The SMILES string of the molecule is Cc1cccc2ncc(N(C=O)c3scc(-c4ccc(Cl)cc4)c3C(=O)O)nc12. The molecule has 0 bridgehead atoms. The molecular formula is C21H14ClN3O3S. The van der Waals surface area contributed by atoms with Gasteiger partial charge in [0.05, 0.1) is 17.2 Å². The summed E-state index contributed by atoms with van der Waals surface area (Å²) in [5.74, 6) is -0.878. The summed E-state index contributed by atoms with van der Waals surface area (Å²) in [6, 6.07) is 12.5. The fraction of sp³-hybridized carbons (Fsp3) is 0.0476. The molecule has 0 spiro atoms. The summed E-state index contributed by atoms with van der Waals surface area (Å²) in [6.07, 6.45) is 2.02. The normalized spacial score (nSPS) is 10.8. The smallest absolute Gasteiger partial charge is 0.339 e. The molecule has 0 aliphatic carbocycles. The van der Waals surface area contributed by atoms with E-state index in [1.54, 1.807) is 29.6 Å². The number of aromatic nitrogens is 2. The lowest BCUT2D eigenvalue weighted by Gasteiger charge is -2.16. The predicted molar refractivity (Wildman–Crippen MR) is 114 cm³/mol. The van der Waals surface area contributed by atoms with E-state index in [0.717, 1.165) is 16.9 Å². The first-order valence-electron chi connectivity index (χ1n) is 8.57. The Labute approximate surface area is 175 Å². The molecule has 2 aromatic carbocycles. The van der Waals surface area contributed by atoms with E-state index in [-0.39, 0.29) is 16.4 Å². The van der Waals surface area contributed by atoms with E-state index >= 15 is 0 Å². The molecule has 29 heavy (non-hydrogen) atoms. The van der Waals surface area contributed by atoms with Crippen molar-refractivity contribution in [3.05, 3.63) is 70.2 Å². The zero-order valence-electron chi connectivity index (χ0n) is 15.2. The third-order valence-corrected chi connectivity index (χ3v) is 5.70. The number of hydrogen-bond donors (Lipinski definition) is 1. The second kappa shape index (κ2) is 7.62. The molecule has 0 saturated heterocycles. The van der Waals surface area contributed by atoms with Crippen LogP contribution >= 0.6 is 22.9 Å². The Hall–Kier alpha value is -3.29. The summed E-state index contributed by atoms with van der Waals surface area (Å²) in [4.78, 5) is 34.1. The van der Waals surface area contributed by atoms with Crippen LogP contribution in [0.4, 0.5) is 10.8 Å². The van der Waals surface area contributed by atoms with Crippen LogP contribution in [0.15, 0.2) is 54.0 Å². The molecule has 0 fully saturated rings. The van der Waals surface area contributed by atoms with Gasteiger partial charge in [-0.05, 0) is 36.2 Å². The number of carbonyl (C=O) groups excluding carboxylic acids is 1. The van der Waals surface area contributed by atoms with Crippen LogP contribution in [0.25, 0.3) is 22.2 Å². The Balaban J connectivity index is 1.86. The average Bonchev–Trinajstić information content (AvgIpc) is 3.15. The highest BCUT2D eigenvalue weighted by atomic mass is 35.5. The molecular weight excluding hydrogens is 410 g/mol. The minimum atomic E-state index is -1.14. The number of rotatable bonds is 5. The maximum Gasteiger partial charge on any atom is 0.339 e. The van der Waals surface area contributed by atoms with Crippen molar-refractivity contribution in [3.63, 3.8) is 0 Å². The fourth-order valence-electron chi connectivity index (χ4n) is 3.06. The predicted octanol–water partition coefficient (Wildman–Crippen LogP) is 5.31. The molecule has 0 unspecified atom stereocenters. The first kappa shape index (κ1) is 19.0. The number of aromatic carboxylic acids is 1. The Kier molecular flexibility index (Phi) is 5.00. The maximum absolute atomic E-state index is 12.1. The number of hydrogen-bond acceptors (Lipinski definition) is 5. The van der Waals surface area contributed by atoms with Gasteiger partial charge in [-0.3, -0.25) is 14.7 Å². The van der Waals surface area contributed by atoms with Crippen molar-refractivity contribution in [1.82, 2.24) is 9.97 Å². The number of carboxylic acids is 1. The number of aryl methyl sites for hydroxylation is 1. The van der Waals surface area contributed by atoms with Crippen molar-refractivity contribution >= 4 is 57.2 Å². The molecule has 1 N–H and O–H groups in total. The van der Waals surface area contributed by atoms with Gasteiger partial charge in [-0.2, -0.15) is 0 Å². The number of carbonyl (C=O) groups is 2. The van der Waals surface area contributed by atoms with Gasteiger partial charge in [0.2, 0.25) is 6.41 Å². The summed E-state index contributed by atoms with van der Waals surface area (Å²) in [7, 11) is 0. The molecule has 0 radical (unpaired) electrons. The second-order valence-corrected chi connectivity index (χ2v) is 7.58. The number of nitrogens with zero attached hydrogens (tertiary/aromatic N) is 3. The van der Waals surface area contributed by atoms with Crippen LogP contribution in [0.2, 0.25) is 5.02 Å². The zero-order chi connectivity index (χ0) is 20.5. The molecule has 0 aliphatic rings. The molecule has 2 aromatic heterocycles. The van der Waals surface area contributed by atoms with Gasteiger partial charge in [-0.1, -0.05) is 35.9 Å². The number of anilines is 2. The Morgan fingerprint density at radius 2 is 1.97 bits per heavy atom. The second-order valence-electron chi connectivity index (χ2n) is 6.29. The molecule has 144 valence electrons. The highest BCUT2D eigenvalue weighted by Crippen LogP contribution is 2.40. The van der Waals surface area contributed by atoms with Crippen molar-refractivity contribution in [3.8, 4) is 11.1 Å². The number of benzene rings is 2. The van der Waals surface area contributed by atoms with Crippen LogP contribution in [0.5, 0.6) is 0 Å². The molecule has 0 saturated carbocycles. The Bertz CT molecular complexity index is 1240. The summed E-state index contributed by atoms with van der Waals surface area (Å²) >= 11 is 7.09. The number of carboxylic acid groups (broad SMARTS) is 1. The van der Waals surface area contributed by atoms with Gasteiger partial charge in [0.25, 0.3) is 0 Å². The molecule has 0 atom stereocenters. The largest absolute Gasteiger partial charge is 0.478 e. The van der Waals surface area contributed by atoms with Gasteiger partial charge in [0.15, 0.2) is 5.82 Å². The van der Waals surface area contributed by atoms with Crippen LogP contribution in [0.1, 0.15) is 15.9 Å². The quantitative estimate of drug-likeness (QED) is 0.439. The highest BCUT2D eigenvalue weighted by molar-refractivity contribution is 7.15. The van der Waals surface area contributed by atoms with E-state index < -0.39 is 5.97 Å². The topological polar surface area (TPSA) is 83.4 Å². The van der Waals surface area contributed by atoms with Gasteiger partial charge in [0.1, 0.15) is 10.6 Å². The van der Waals surface area contributed by atoms with Gasteiger partial charge in [0, 0.05) is 16.0 Å². The van der Waals surface area contributed by atoms with Crippen molar-refractivity contribution in [1.29, 1.82) is 0 Å². The Morgan fingerprint density at radius 1 is 1.21 bits per heavy atom.